The van der Waals surface area contributed by atoms with Gasteiger partial charge < -0.3 is 10.2 Å². The van der Waals surface area contributed by atoms with Crippen LogP contribution in [-0.4, -0.2) is 29.0 Å². The molecular formula is C25H26N4O. The molecule has 0 radical (unpaired) electrons. The van der Waals surface area contributed by atoms with Crippen molar-refractivity contribution in [2.75, 3.05) is 18.0 Å². The molecule has 1 amide bonds. The Labute approximate surface area is 177 Å². The summed E-state index contributed by atoms with van der Waals surface area (Å²) in [5.74, 6) is 0.957. The summed E-state index contributed by atoms with van der Waals surface area (Å²) in [6.45, 7) is 2.11. The van der Waals surface area contributed by atoms with Gasteiger partial charge in [-0.2, -0.15) is 0 Å². The van der Waals surface area contributed by atoms with Crippen molar-refractivity contribution in [3.05, 3.63) is 77.6 Å². The number of amides is 1. The first-order valence-corrected chi connectivity index (χ1v) is 10.8. The third-order valence-corrected chi connectivity index (χ3v) is 6.20. The van der Waals surface area contributed by atoms with Crippen LogP contribution in [0.4, 0.5) is 5.82 Å². The monoisotopic (exact) mass is 398 g/mol. The molecule has 5 rings (SSSR count). The van der Waals surface area contributed by atoms with Gasteiger partial charge in [0.1, 0.15) is 12.1 Å². The number of anilines is 1. The molecule has 5 nitrogen and oxygen atoms in total. The highest BCUT2D eigenvalue weighted by Gasteiger charge is 2.22. The molecule has 1 fully saturated rings. The van der Waals surface area contributed by atoms with E-state index in [0.717, 1.165) is 49.4 Å². The maximum Gasteiger partial charge on any atom is 0.251 e. The molecule has 1 aliphatic carbocycles. The van der Waals surface area contributed by atoms with Crippen LogP contribution in [0.25, 0.3) is 11.3 Å². The first-order chi connectivity index (χ1) is 14.8. The fourth-order valence-electron chi connectivity index (χ4n) is 4.56. The quantitative estimate of drug-likeness (QED) is 0.700. The molecule has 2 aliphatic rings. The second-order valence-corrected chi connectivity index (χ2v) is 8.15. The molecule has 3 aromatic rings. The molecule has 1 N–H and O–H groups in total. The lowest BCUT2D eigenvalue weighted by Crippen LogP contribution is -2.30. The summed E-state index contributed by atoms with van der Waals surface area (Å²) in [4.78, 5) is 24.0. The van der Waals surface area contributed by atoms with Gasteiger partial charge in [0.05, 0.1) is 11.7 Å². The number of benzene rings is 2. The summed E-state index contributed by atoms with van der Waals surface area (Å²) in [6.07, 6.45) is 7.25. The highest BCUT2D eigenvalue weighted by Crippen LogP contribution is 2.30. The number of nitrogens with zero attached hydrogens (tertiary/aromatic N) is 3. The van der Waals surface area contributed by atoms with Crippen molar-refractivity contribution in [2.45, 2.75) is 38.1 Å². The van der Waals surface area contributed by atoms with E-state index in [4.69, 9.17) is 0 Å². The Balaban J connectivity index is 1.31. The van der Waals surface area contributed by atoms with Crippen LogP contribution in [0.1, 0.15) is 53.2 Å². The zero-order valence-electron chi connectivity index (χ0n) is 17.1. The van der Waals surface area contributed by atoms with E-state index in [2.05, 4.69) is 44.5 Å². The zero-order chi connectivity index (χ0) is 20.3. The number of fused-ring (bicyclic) bond motifs is 1. The van der Waals surface area contributed by atoms with Crippen LogP contribution in [-0.2, 0) is 6.42 Å². The number of rotatable bonds is 4. The molecule has 30 heavy (non-hydrogen) atoms. The van der Waals surface area contributed by atoms with Gasteiger partial charge in [-0.3, -0.25) is 4.79 Å². The lowest BCUT2D eigenvalue weighted by atomic mass is 9.87. The first-order valence-electron chi connectivity index (χ1n) is 10.8. The van der Waals surface area contributed by atoms with Crippen molar-refractivity contribution in [2.24, 2.45) is 0 Å². The fourth-order valence-corrected chi connectivity index (χ4v) is 4.56. The summed E-state index contributed by atoms with van der Waals surface area (Å²) < 4.78 is 0. The molecule has 2 heterocycles. The normalized spacial score (nSPS) is 18.1. The van der Waals surface area contributed by atoms with Gasteiger partial charge in [0.2, 0.25) is 0 Å². The molecule has 0 unspecified atom stereocenters. The number of carbonyl (C=O) groups excluding carboxylic acids is 1. The Morgan fingerprint density at radius 3 is 2.60 bits per heavy atom. The van der Waals surface area contributed by atoms with E-state index in [1.807, 2.05) is 30.3 Å². The molecule has 0 bridgehead atoms. The standard InChI is InChI=1S/C25H26N4O/c30-25(28-22-9-5-7-18-6-1-2-8-21(18)22)20-12-10-19(11-13-20)23-16-24(27-17-26-23)29-14-3-4-15-29/h1-2,6,8,10-13,16-17,22H,3-5,7,9,14-15H2,(H,28,30)/t22-/m0/s1. The highest BCUT2D eigenvalue weighted by atomic mass is 16.1. The lowest BCUT2D eigenvalue weighted by Gasteiger charge is -2.26. The largest absolute Gasteiger partial charge is 0.357 e. The Kier molecular flexibility index (Phi) is 5.18. The summed E-state index contributed by atoms with van der Waals surface area (Å²) >= 11 is 0. The van der Waals surface area contributed by atoms with Gasteiger partial charge in [-0.25, -0.2) is 9.97 Å². The number of carbonyl (C=O) groups is 1. The number of hydrogen-bond acceptors (Lipinski definition) is 4. The Hall–Kier alpha value is -3.21. The second-order valence-electron chi connectivity index (χ2n) is 8.15. The Morgan fingerprint density at radius 2 is 1.77 bits per heavy atom. The van der Waals surface area contributed by atoms with E-state index >= 15 is 0 Å². The predicted molar refractivity (Wildman–Crippen MR) is 119 cm³/mol. The van der Waals surface area contributed by atoms with Gasteiger partial charge in [-0.15, -0.1) is 0 Å². The van der Waals surface area contributed by atoms with Gasteiger partial charge in [0.25, 0.3) is 5.91 Å². The van der Waals surface area contributed by atoms with E-state index in [1.54, 1.807) is 6.33 Å². The van der Waals surface area contributed by atoms with Crippen LogP contribution in [0.15, 0.2) is 60.9 Å². The Morgan fingerprint density at radius 1 is 0.967 bits per heavy atom. The van der Waals surface area contributed by atoms with Crippen molar-refractivity contribution in [3.63, 3.8) is 0 Å². The zero-order valence-corrected chi connectivity index (χ0v) is 17.1. The van der Waals surface area contributed by atoms with Crippen LogP contribution in [0, 0.1) is 0 Å². The van der Waals surface area contributed by atoms with E-state index in [9.17, 15) is 4.79 Å². The number of nitrogens with one attached hydrogen (secondary N) is 1. The van der Waals surface area contributed by atoms with Crippen LogP contribution < -0.4 is 10.2 Å². The van der Waals surface area contributed by atoms with E-state index < -0.39 is 0 Å². The smallest absolute Gasteiger partial charge is 0.251 e. The van der Waals surface area contributed by atoms with Crippen molar-refractivity contribution in [1.82, 2.24) is 15.3 Å². The summed E-state index contributed by atoms with van der Waals surface area (Å²) in [6, 6.07) is 18.3. The number of aromatic nitrogens is 2. The fraction of sp³-hybridized carbons (Fsp3) is 0.320. The van der Waals surface area contributed by atoms with E-state index in [-0.39, 0.29) is 11.9 Å². The summed E-state index contributed by atoms with van der Waals surface area (Å²) in [5, 5.41) is 3.23. The predicted octanol–water partition coefficient (Wildman–Crippen LogP) is 4.55. The van der Waals surface area contributed by atoms with Gasteiger partial charge in [0, 0.05) is 30.3 Å². The lowest BCUT2D eigenvalue weighted by molar-refractivity contribution is 0.0933. The molecule has 1 aliphatic heterocycles. The minimum absolute atomic E-state index is 0.0244. The average Bonchev–Trinajstić information content (AvgIpc) is 3.35. The van der Waals surface area contributed by atoms with Gasteiger partial charge in [-0.05, 0) is 55.4 Å². The molecule has 152 valence electrons. The number of hydrogen-bond donors (Lipinski definition) is 1. The first kappa shape index (κ1) is 18.8. The Bertz CT molecular complexity index is 1040. The maximum atomic E-state index is 12.9. The van der Waals surface area contributed by atoms with Crippen LogP contribution in [0.2, 0.25) is 0 Å². The minimum Gasteiger partial charge on any atom is -0.357 e. The molecular weight excluding hydrogens is 372 g/mol. The van der Waals surface area contributed by atoms with Gasteiger partial charge in [-0.1, -0.05) is 36.4 Å². The highest BCUT2D eigenvalue weighted by molar-refractivity contribution is 5.95. The summed E-state index contributed by atoms with van der Waals surface area (Å²) in [7, 11) is 0. The third kappa shape index (κ3) is 3.80. The molecule has 0 spiro atoms. The molecule has 2 aromatic carbocycles. The number of aryl methyl sites for hydroxylation is 1. The maximum absolute atomic E-state index is 12.9. The summed E-state index contributed by atoms with van der Waals surface area (Å²) in [5.41, 5.74) is 5.17. The van der Waals surface area contributed by atoms with Gasteiger partial charge in [0.15, 0.2) is 0 Å². The molecule has 1 saturated heterocycles. The van der Waals surface area contributed by atoms with Crippen molar-refractivity contribution in [1.29, 1.82) is 0 Å². The van der Waals surface area contributed by atoms with Crippen molar-refractivity contribution >= 4 is 11.7 Å². The third-order valence-electron chi connectivity index (χ3n) is 6.20. The van der Waals surface area contributed by atoms with Crippen molar-refractivity contribution < 1.29 is 4.79 Å². The van der Waals surface area contributed by atoms with E-state index in [1.165, 1.54) is 24.0 Å². The minimum atomic E-state index is -0.0244. The molecule has 1 atom stereocenters. The molecule has 1 aromatic heterocycles. The average molecular weight is 399 g/mol. The van der Waals surface area contributed by atoms with Gasteiger partial charge >= 0.3 is 0 Å². The second kappa shape index (κ2) is 8.27. The van der Waals surface area contributed by atoms with Crippen molar-refractivity contribution in [3.8, 4) is 11.3 Å². The van der Waals surface area contributed by atoms with Crippen LogP contribution in [0.5, 0.6) is 0 Å². The molecule has 5 heteroatoms. The van der Waals surface area contributed by atoms with Crippen LogP contribution in [0.3, 0.4) is 0 Å². The van der Waals surface area contributed by atoms with E-state index in [0.29, 0.717) is 5.56 Å². The topological polar surface area (TPSA) is 58.1 Å². The molecule has 0 saturated carbocycles. The SMILES string of the molecule is O=C(N[C@H]1CCCc2ccccc21)c1ccc(-c2cc(N3CCCC3)ncn2)cc1. The van der Waals surface area contributed by atoms with Crippen LogP contribution >= 0.6 is 0 Å².